The number of hydrogen-bond donors (Lipinski definition) is 2. The monoisotopic (exact) mass is 586 g/mol. The summed E-state index contributed by atoms with van der Waals surface area (Å²) in [6.45, 7) is 3.87. The molecular weight excluding hydrogens is 543 g/mol. The van der Waals surface area contributed by atoms with Gasteiger partial charge >= 0.3 is 5.97 Å². The second-order valence-electron chi connectivity index (χ2n) is 12.7. The number of carboxylic acid groups (broad SMARTS) is 1. The van der Waals surface area contributed by atoms with Crippen molar-refractivity contribution in [3.63, 3.8) is 0 Å². The lowest BCUT2D eigenvalue weighted by Gasteiger charge is -2.29. The van der Waals surface area contributed by atoms with Gasteiger partial charge in [-0.25, -0.2) is 9.37 Å². The van der Waals surface area contributed by atoms with Crippen molar-refractivity contribution in [1.29, 1.82) is 0 Å². The van der Waals surface area contributed by atoms with Crippen molar-refractivity contribution >= 4 is 5.97 Å². The molecule has 0 spiro atoms. The highest BCUT2D eigenvalue weighted by Gasteiger charge is 2.39. The molecule has 43 heavy (non-hydrogen) atoms. The third-order valence-corrected chi connectivity index (χ3v) is 9.89. The van der Waals surface area contributed by atoms with Crippen LogP contribution in [0.1, 0.15) is 93.1 Å². The van der Waals surface area contributed by atoms with E-state index in [9.17, 15) is 14.3 Å². The lowest BCUT2D eigenvalue weighted by atomic mass is 9.82. The molecule has 228 valence electrons. The third kappa shape index (κ3) is 6.42. The largest absolute Gasteiger partial charge is 0.485 e. The molecule has 6 nitrogen and oxygen atoms in total. The van der Waals surface area contributed by atoms with Crippen LogP contribution in [0.4, 0.5) is 4.39 Å². The molecule has 1 saturated carbocycles. The Bertz CT molecular complexity index is 1450. The van der Waals surface area contributed by atoms with Crippen LogP contribution in [0.2, 0.25) is 0 Å². The van der Waals surface area contributed by atoms with Crippen LogP contribution in [0.5, 0.6) is 11.6 Å². The summed E-state index contributed by atoms with van der Waals surface area (Å²) in [6.07, 6.45) is 11.5. The van der Waals surface area contributed by atoms with Gasteiger partial charge in [0.15, 0.2) is 0 Å². The highest BCUT2D eigenvalue weighted by Crippen LogP contribution is 2.48. The number of aromatic nitrogens is 1. The number of carbonyl (C=O) groups is 1. The summed E-state index contributed by atoms with van der Waals surface area (Å²) in [4.78, 5) is 15.7. The molecule has 2 bridgehead atoms. The van der Waals surface area contributed by atoms with Crippen molar-refractivity contribution in [2.24, 2.45) is 11.8 Å². The number of ether oxygens (including phenoxy) is 2. The zero-order valence-electron chi connectivity index (χ0n) is 25.4. The van der Waals surface area contributed by atoms with E-state index in [2.05, 4.69) is 41.5 Å². The van der Waals surface area contributed by atoms with Gasteiger partial charge in [-0.05, 0) is 104 Å². The van der Waals surface area contributed by atoms with Crippen LogP contribution in [0.3, 0.4) is 0 Å². The average molecular weight is 587 g/mol. The SMILES string of the molecule is C1CC2CCC1N2.CCc1cc([C@H]2CCc3ccc([C@H](C4CC4)[C@H](C)C(=O)O)cc3O2)ccc1-c1cc(OC)ncc1F. The lowest BCUT2D eigenvalue weighted by Crippen LogP contribution is -2.21. The van der Waals surface area contributed by atoms with Crippen LogP contribution in [0.25, 0.3) is 11.1 Å². The number of hydrogen-bond acceptors (Lipinski definition) is 5. The standard InChI is InChI=1S/C30H32FNO4.C6H11N/c1-4-18-13-21(9-11-23(18)24-15-28(35-3)32-16-25(24)31)26-12-10-19-5-8-22(14-27(19)36-26)29(20-6-7-20)17(2)30(33)34;1-2-6-4-3-5(1)7-6/h5,8-9,11,13-17,20,26,29H,4,6-7,10,12H2,1-3H3,(H,33,34);5-7H,1-4H2/t17-,26+,29-;/m0./s1. The first-order valence-corrected chi connectivity index (χ1v) is 16.0. The summed E-state index contributed by atoms with van der Waals surface area (Å²) in [7, 11) is 1.52. The number of benzene rings is 2. The summed E-state index contributed by atoms with van der Waals surface area (Å²) in [6, 6.07) is 15.8. The molecule has 4 heterocycles. The van der Waals surface area contributed by atoms with Gasteiger partial charge in [0, 0.05) is 23.7 Å². The van der Waals surface area contributed by atoms with Crippen molar-refractivity contribution in [1.82, 2.24) is 10.3 Å². The maximum absolute atomic E-state index is 14.6. The summed E-state index contributed by atoms with van der Waals surface area (Å²) in [5.74, 6) is 0.104. The molecule has 3 atom stereocenters. The Morgan fingerprint density at radius 2 is 1.79 bits per heavy atom. The molecule has 3 aromatic rings. The zero-order chi connectivity index (χ0) is 30.1. The van der Waals surface area contributed by atoms with Crippen molar-refractivity contribution in [2.45, 2.75) is 95.7 Å². The summed E-state index contributed by atoms with van der Waals surface area (Å²) in [5.41, 5.74) is 5.61. The number of aryl methyl sites for hydroxylation is 2. The van der Waals surface area contributed by atoms with Gasteiger partial charge in [-0.15, -0.1) is 0 Å². The van der Waals surface area contributed by atoms with Gasteiger partial charge in [0.2, 0.25) is 5.88 Å². The molecule has 4 aliphatic rings. The zero-order valence-corrected chi connectivity index (χ0v) is 25.4. The van der Waals surface area contributed by atoms with E-state index >= 15 is 0 Å². The van der Waals surface area contributed by atoms with E-state index in [0.717, 1.165) is 77.8 Å². The maximum atomic E-state index is 14.6. The van der Waals surface area contributed by atoms with Gasteiger partial charge in [0.25, 0.3) is 0 Å². The van der Waals surface area contributed by atoms with Crippen molar-refractivity contribution in [3.8, 4) is 22.8 Å². The predicted octanol–water partition coefficient (Wildman–Crippen LogP) is 7.64. The molecule has 7 heteroatoms. The van der Waals surface area contributed by atoms with Crippen LogP contribution < -0.4 is 14.8 Å². The third-order valence-electron chi connectivity index (χ3n) is 9.89. The molecule has 2 aromatic carbocycles. The minimum absolute atomic E-state index is 0.00926. The number of fused-ring (bicyclic) bond motifs is 3. The number of methoxy groups -OCH3 is 1. The number of aliphatic carboxylic acids is 1. The Balaban J connectivity index is 0.000000407. The van der Waals surface area contributed by atoms with E-state index in [0.29, 0.717) is 17.4 Å². The molecule has 7 rings (SSSR count). The van der Waals surface area contributed by atoms with E-state index in [1.807, 2.05) is 19.1 Å². The fourth-order valence-corrected chi connectivity index (χ4v) is 7.27. The van der Waals surface area contributed by atoms with E-state index in [4.69, 9.17) is 9.47 Å². The van der Waals surface area contributed by atoms with E-state index < -0.39 is 11.9 Å². The van der Waals surface area contributed by atoms with Gasteiger partial charge < -0.3 is 19.9 Å². The van der Waals surface area contributed by atoms with Gasteiger partial charge in [0.05, 0.1) is 19.2 Å². The Morgan fingerprint density at radius 1 is 1.05 bits per heavy atom. The van der Waals surface area contributed by atoms with Crippen LogP contribution >= 0.6 is 0 Å². The van der Waals surface area contributed by atoms with Crippen LogP contribution in [0, 0.1) is 17.7 Å². The number of nitrogens with zero attached hydrogens (tertiary/aromatic N) is 1. The van der Waals surface area contributed by atoms with Crippen molar-refractivity contribution in [2.75, 3.05) is 7.11 Å². The first kappa shape index (κ1) is 29.6. The molecule has 0 radical (unpaired) electrons. The second-order valence-corrected chi connectivity index (χ2v) is 12.7. The fraction of sp³-hybridized carbons (Fsp3) is 0.500. The summed E-state index contributed by atoms with van der Waals surface area (Å²) >= 11 is 0. The first-order chi connectivity index (χ1) is 20.8. The van der Waals surface area contributed by atoms with Gasteiger partial charge in [0.1, 0.15) is 17.7 Å². The highest BCUT2D eigenvalue weighted by atomic mass is 19.1. The summed E-state index contributed by atoms with van der Waals surface area (Å²) < 4.78 is 26.3. The second kappa shape index (κ2) is 12.7. The number of pyridine rings is 1. The molecule has 0 amide bonds. The first-order valence-electron chi connectivity index (χ1n) is 16.0. The van der Waals surface area contributed by atoms with Crippen molar-refractivity contribution in [3.05, 3.63) is 76.7 Å². The normalized spacial score (nSPS) is 23.4. The number of halogens is 1. The van der Waals surface area contributed by atoms with Crippen LogP contribution in [-0.2, 0) is 17.6 Å². The van der Waals surface area contributed by atoms with Gasteiger partial charge in [-0.3, -0.25) is 4.79 Å². The Labute approximate surface area is 254 Å². The maximum Gasteiger partial charge on any atom is 0.306 e. The number of rotatable bonds is 8. The Kier molecular flexibility index (Phi) is 8.71. The average Bonchev–Trinajstić information content (AvgIpc) is 3.60. The molecule has 2 saturated heterocycles. The molecule has 3 aliphatic heterocycles. The topological polar surface area (TPSA) is 80.7 Å². The molecule has 0 unspecified atom stereocenters. The molecular formula is C36H43FN2O4. The molecule has 1 aromatic heterocycles. The molecule has 1 aliphatic carbocycles. The van der Waals surface area contributed by atoms with Crippen LogP contribution in [-0.4, -0.2) is 35.3 Å². The molecule has 3 fully saturated rings. The fourth-order valence-electron chi connectivity index (χ4n) is 7.27. The Morgan fingerprint density at radius 3 is 2.40 bits per heavy atom. The van der Waals surface area contributed by atoms with E-state index in [1.54, 1.807) is 6.07 Å². The number of nitrogens with one attached hydrogen (secondary N) is 1. The van der Waals surface area contributed by atoms with Crippen molar-refractivity contribution < 1.29 is 23.8 Å². The van der Waals surface area contributed by atoms with Gasteiger partial charge in [-0.1, -0.05) is 44.2 Å². The quantitative estimate of drug-likeness (QED) is 0.282. The minimum atomic E-state index is -0.751. The summed E-state index contributed by atoms with van der Waals surface area (Å²) in [5, 5.41) is 13.2. The smallest absolute Gasteiger partial charge is 0.306 e. The predicted molar refractivity (Wildman–Crippen MR) is 165 cm³/mol. The number of carboxylic acids is 1. The van der Waals surface area contributed by atoms with E-state index in [-0.39, 0.29) is 17.8 Å². The highest BCUT2D eigenvalue weighted by molar-refractivity contribution is 5.71. The molecule has 2 N–H and O–H groups in total. The van der Waals surface area contributed by atoms with E-state index in [1.165, 1.54) is 39.0 Å². The van der Waals surface area contributed by atoms with Gasteiger partial charge in [-0.2, -0.15) is 0 Å². The Hall–Kier alpha value is -3.45. The minimum Gasteiger partial charge on any atom is -0.485 e. The lowest BCUT2D eigenvalue weighted by molar-refractivity contribution is -0.142. The van der Waals surface area contributed by atoms with Crippen LogP contribution in [0.15, 0.2) is 48.7 Å².